The Bertz CT molecular complexity index is 712. The van der Waals surface area contributed by atoms with Crippen molar-refractivity contribution >= 4 is 54.6 Å². The summed E-state index contributed by atoms with van der Waals surface area (Å²) in [6, 6.07) is 8.74. The molecule has 21 heavy (non-hydrogen) atoms. The lowest BCUT2D eigenvalue weighted by Crippen LogP contribution is -2.24. The first kappa shape index (κ1) is 16.8. The Morgan fingerprint density at radius 1 is 1.33 bits per heavy atom. The highest BCUT2D eigenvalue weighted by Crippen LogP contribution is 2.32. The summed E-state index contributed by atoms with van der Waals surface area (Å²) in [4.78, 5) is 1.26. The van der Waals surface area contributed by atoms with Crippen molar-refractivity contribution in [1.82, 2.24) is 4.72 Å². The standard InChI is InChI=1S/C13H14BrClN2O2S2/c1-2-17-21(18,19)12-6-4-3-5-11(12)16-8-9-7-10(14)13(15)20-9/h3-7,16-17H,2,8H2,1H3. The molecule has 0 amide bonds. The summed E-state index contributed by atoms with van der Waals surface area (Å²) in [6.45, 7) is 2.61. The van der Waals surface area contributed by atoms with Crippen molar-refractivity contribution in [2.75, 3.05) is 11.9 Å². The van der Waals surface area contributed by atoms with Gasteiger partial charge in [0.15, 0.2) is 0 Å². The normalized spacial score (nSPS) is 11.6. The van der Waals surface area contributed by atoms with E-state index >= 15 is 0 Å². The SMILES string of the molecule is CCNS(=O)(=O)c1ccccc1NCc1cc(Br)c(Cl)s1. The number of thiophene rings is 1. The molecule has 114 valence electrons. The average Bonchev–Trinajstić information content (AvgIpc) is 2.76. The number of nitrogens with one attached hydrogen (secondary N) is 2. The number of halogens is 2. The lowest BCUT2D eigenvalue weighted by Gasteiger charge is -2.12. The van der Waals surface area contributed by atoms with E-state index in [0.717, 1.165) is 9.35 Å². The Morgan fingerprint density at radius 3 is 2.67 bits per heavy atom. The van der Waals surface area contributed by atoms with E-state index in [1.807, 2.05) is 6.07 Å². The maximum Gasteiger partial charge on any atom is 0.242 e. The molecule has 2 aromatic rings. The first-order valence-electron chi connectivity index (χ1n) is 6.20. The molecular formula is C13H14BrClN2O2S2. The van der Waals surface area contributed by atoms with Crippen molar-refractivity contribution in [3.8, 4) is 0 Å². The maximum atomic E-state index is 12.1. The van der Waals surface area contributed by atoms with Crippen molar-refractivity contribution < 1.29 is 8.42 Å². The second kappa shape index (κ2) is 7.11. The third kappa shape index (κ3) is 4.20. The van der Waals surface area contributed by atoms with E-state index < -0.39 is 10.0 Å². The topological polar surface area (TPSA) is 58.2 Å². The van der Waals surface area contributed by atoms with Gasteiger partial charge in [-0.15, -0.1) is 11.3 Å². The summed E-state index contributed by atoms with van der Waals surface area (Å²) in [7, 11) is -3.49. The Hall–Kier alpha value is -0.600. The summed E-state index contributed by atoms with van der Waals surface area (Å²) >= 11 is 10.8. The van der Waals surface area contributed by atoms with Crippen LogP contribution in [-0.2, 0) is 16.6 Å². The van der Waals surface area contributed by atoms with Crippen LogP contribution in [0.15, 0.2) is 39.7 Å². The summed E-state index contributed by atoms with van der Waals surface area (Å²) in [5, 5.41) is 3.15. The number of rotatable bonds is 6. The van der Waals surface area contributed by atoms with Crippen LogP contribution in [-0.4, -0.2) is 15.0 Å². The molecule has 0 aliphatic rings. The molecule has 4 nitrogen and oxygen atoms in total. The summed E-state index contributed by atoms with van der Waals surface area (Å²) in [6.07, 6.45) is 0. The summed E-state index contributed by atoms with van der Waals surface area (Å²) < 4.78 is 28.3. The van der Waals surface area contributed by atoms with Gasteiger partial charge in [0, 0.05) is 22.4 Å². The average molecular weight is 410 g/mol. The molecule has 1 aromatic heterocycles. The van der Waals surface area contributed by atoms with Crippen molar-refractivity contribution in [3.63, 3.8) is 0 Å². The zero-order valence-electron chi connectivity index (χ0n) is 11.2. The highest BCUT2D eigenvalue weighted by atomic mass is 79.9. The number of hydrogen-bond acceptors (Lipinski definition) is 4. The third-order valence-corrected chi connectivity index (χ3v) is 6.74. The van der Waals surface area contributed by atoms with Crippen molar-refractivity contribution in [1.29, 1.82) is 0 Å². The molecule has 0 saturated carbocycles. The summed E-state index contributed by atoms with van der Waals surface area (Å²) in [5.74, 6) is 0. The minimum Gasteiger partial charge on any atom is -0.379 e. The Morgan fingerprint density at radius 2 is 2.05 bits per heavy atom. The molecule has 0 fully saturated rings. The van der Waals surface area contributed by atoms with Gasteiger partial charge in [0.2, 0.25) is 10.0 Å². The molecule has 2 N–H and O–H groups in total. The van der Waals surface area contributed by atoms with Crippen LogP contribution >= 0.6 is 38.9 Å². The minimum atomic E-state index is -3.49. The molecule has 0 saturated heterocycles. The Labute approximate surface area is 141 Å². The van der Waals surface area contributed by atoms with Crippen LogP contribution in [0.5, 0.6) is 0 Å². The van der Waals surface area contributed by atoms with Gasteiger partial charge in [-0.3, -0.25) is 0 Å². The molecule has 1 aromatic carbocycles. The fourth-order valence-corrected chi connectivity index (χ4v) is 4.73. The molecule has 0 radical (unpaired) electrons. The smallest absolute Gasteiger partial charge is 0.242 e. The highest BCUT2D eigenvalue weighted by Gasteiger charge is 2.17. The predicted molar refractivity (Wildman–Crippen MR) is 91.7 cm³/mol. The van der Waals surface area contributed by atoms with Gasteiger partial charge in [0.05, 0.1) is 5.69 Å². The zero-order chi connectivity index (χ0) is 15.5. The molecule has 2 rings (SSSR count). The second-order valence-corrected chi connectivity index (χ2v) is 8.51. The highest BCUT2D eigenvalue weighted by molar-refractivity contribution is 9.10. The minimum absolute atomic E-state index is 0.244. The van der Waals surface area contributed by atoms with Crippen LogP contribution in [0, 0.1) is 0 Å². The first-order valence-corrected chi connectivity index (χ1v) is 9.67. The molecule has 0 spiro atoms. The largest absolute Gasteiger partial charge is 0.379 e. The second-order valence-electron chi connectivity index (χ2n) is 4.19. The van der Waals surface area contributed by atoms with Gasteiger partial charge in [-0.05, 0) is 34.1 Å². The van der Waals surface area contributed by atoms with Crippen LogP contribution in [0.1, 0.15) is 11.8 Å². The molecule has 0 bridgehead atoms. The maximum absolute atomic E-state index is 12.1. The zero-order valence-corrected chi connectivity index (χ0v) is 15.2. The molecule has 8 heteroatoms. The van der Waals surface area contributed by atoms with E-state index in [1.54, 1.807) is 31.2 Å². The molecule has 0 aliphatic heterocycles. The van der Waals surface area contributed by atoms with Crippen LogP contribution < -0.4 is 10.0 Å². The van der Waals surface area contributed by atoms with E-state index in [2.05, 4.69) is 26.0 Å². The number of benzene rings is 1. The van der Waals surface area contributed by atoms with Gasteiger partial charge in [0.1, 0.15) is 9.23 Å². The van der Waals surface area contributed by atoms with Crippen LogP contribution in [0.3, 0.4) is 0 Å². The van der Waals surface area contributed by atoms with E-state index in [1.165, 1.54) is 11.3 Å². The number of anilines is 1. The number of hydrogen-bond donors (Lipinski definition) is 2. The van der Waals surface area contributed by atoms with Gasteiger partial charge < -0.3 is 5.32 Å². The Balaban J connectivity index is 2.21. The van der Waals surface area contributed by atoms with Gasteiger partial charge in [0.25, 0.3) is 0 Å². The third-order valence-electron chi connectivity index (χ3n) is 2.66. The molecule has 1 heterocycles. The van der Waals surface area contributed by atoms with E-state index in [9.17, 15) is 8.42 Å². The fraction of sp³-hybridized carbons (Fsp3) is 0.231. The predicted octanol–water partition coefficient (Wildman–Crippen LogP) is 4.07. The van der Waals surface area contributed by atoms with Crippen LogP contribution in [0.25, 0.3) is 0 Å². The molecule has 0 atom stereocenters. The van der Waals surface area contributed by atoms with Crippen molar-refractivity contribution in [3.05, 3.63) is 44.0 Å². The number of sulfonamides is 1. The number of para-hydroxylation sites is 1. The van der Waals surface area contributed by atoms with Crippen molar-refractivity contribution in [2.24, 2.45) is 0 Å². The quantitative estimate of drug-likeness (QED) is 0.756. The Kier molecular flexibility index (Phi) is 5.67. The lowest BCUT2D eigenvalue weighted by molar-refractivity contribution is 0.584. The fourth-order valence-electron chi connectivity index (χ4n) is 1.78. The van der Waals surface area contributed by atoms with Crippen LogP contribution in [0.4, 0.5) is 5.69 Å². The lowest BCUT2D eigenvalue weighted by atomic mass is 10.3. The van der Waals surface area contributed by atoms with E-state index in [4.69, 9.17) is 11.6 Å². The van der Waals surface area contributed by atoms with Gasteiger partial charge in [-0.2, -0.15) is 0 Å². The first-order chi connectivity index (χ1) is 9.94. The van der Waals surface area contributed by atoms with Gasteiger partial charge >= 0.3 is 0 Å². The van der Waals surface area contributed by atoms with E-state index in [0.29, 0.717) is 23.1 Å². The van der Waals surface area contributed by atoms with E-state index in [-0.39, 0.29) is 4.90 Å². The molecular weight excluding hydrogens is 396 g/mol. The molecule has 0 unspecified atom stereocenters. The van der Waals surface area contributed by atoms with Crippen LogP contribution in [0.2, 0.25) is 4.34 Å². The van der Waals surface area contributed by atoms with Gasteiger partial charge in [-0.25, -0.2) is 13.1 Å². The van der Waals surface area contributed by atoms with Gasteiger partial charge in [-0.1, -0.05) is 30.7 Å². The monoisotopic (exact) mass is 408 g/mol. The van der Waals surface area contributed by atoms with Crippen molar-refractivity contribution in [2.45, 2.75) is 18.4 Å². The summed E-state index contributed by atoms with van der Waals surface area (Å²) in [5.41, 5.74) is 0.569. The molecule has 0 aliphatic carbocycles.